The molecule has 1 N–H and O–H groups in total. The van der Waals surface area contributed by atoms with E-state index in [1.165, 1.54) is 5.56 Å². The Kier molecular flexibility index (Phi) is 6.06. The van der Waals surface area contributed by atoms with E-state index < -0.39 is 0 Å². The summed E-state index contributed by atoms with van der Waals surface area (Å²) in [5.74, 6) is 1.55. The fourth-order valence-electron chi connectivity index (χ4n) is 3.26. The molecule has 6 nitrogen and oxygen atoms in total. The monoisotopic (exact) mass is 341 g/mol. The van der Waals surface area contributed by atoms with E-state index in [0.29, 0.717) is 5.92 Å². The first-order chi connectivity index (χ1) is 12.3. The highest BCUT2D eigenvalue weighted by Crippen LogP contribution is 2.16. The molecule has 1 aliphatic heterocycles. The first-order valence-corrected chi connectivity index (χ1v) is 8.78. The Morgan fingerprint density at radius 1 is 1.32 bits per heavy atom. The first kappa shape index (κ1) is 17.5. The van der Waals surface area contributed by atoms with Crippen molar-refractivity contribution in [1.29, 1.82) is 0 Å². The van der Waals surface area contributed by atoms with Crippen LogP contribution < -0.4 is 5.32 Å². The number of ether oxygens (including phenoxy) is 1. The van der Waals surface area contributed by atoms with Crippen LogP contribution in [0.2, 0.25) is 0 Å². The van der Waals surface area contributed by atoms with Gasteiger partial charge < -0.3 is 15.0 Å². The van der Waals surface area contributed by atoms with Gasteiger partial charge in [0.15, 0.2) is 5.96 Å². The Morgan fingerprint density at radius 2 is 2.16 bits per heavy atom. The summed E-state index contributed by atoms with van der Waals surface area (Å²) >= 11 is 0. The summed E-state index contributed by atoms with van der Waals surface area (Å²) in [5, 5.41) is 7.91. The second-order valence-electron chi connectivity index (χ2n) is 6.49. The lowest BCUT2D eigenvalue weighted by Crippen LogP contribution is -2.39. The van der Waals surface area contributed by atoms with Crippen LogP contribution in [0.5, 0.6) is 0 Å². The fraction of sp³-hybridized carbons (Fsp3) is 0.474. The van der Waals surface area contributed by atoms with Crippen molar-refractivity contribution in [3.8, 4) is 0 Å². The highest BCUT2D eigenvalue weighted by molar-refractivity contribution is 5.80. The van der Waals surface area contributed by atoms with Gasteiger partial charge in [0.05, 0.1) is 19.3 Å². The molecule has 2 heterocycles. The van der Waals surface area contributed by atoms with Crippen molar-refractivity contribution in [3.63, 3.8) is 0 Å². The first-order valence-electron chi connectivity index (χ1n) is 8.78. The van der Waals surface area contributed by atoms with Gasteiger partial charge in [-0.05, 0) is 12.0 Å². The summed E-state index contributed by atoms with van der Waals surface area (Å²) in [4.78, 5) is 6.72. The molecule has 1 aliphatic rings. The minimum absolute atomic E-state index is 0.595. The van der Waals surface area contributed by atoms with Crippen LogP contribution in [0.4, 0.5) is 0 Å². The summed E-state index contributed by atoms with van der Waals surface area (Å²) in [6.07, 6.45) is 5.16. The lowest BCUT2D eigenvalue weighted by atomic mass is 10.1. The van der Waals surface area contributed by atoms with E-state index in [9.17, 15) is 0 Å². The Morgan fingerprint density at radius 3 is 2.92 bits per heavy atom. The zero-order valence-electron chi connectivity index (χ0n) is 15.1. The van der Waals surface area contributed by atoms with Crippen LogP contribution in [0.3, 0.4) is 0 Å². The minimum atomic E-state index is 0.595. The van der Waals surface area contributed by atoms with Crippen molar-refractivity contribution in [1.82, 2.24) is 20.0 Å². The molecule has 0 bridgehead atoms. The number of nitrogens with one attached hydrogen (secondary N) is 1. The summed E-state index contributed by atoms with van der Waals surface area (Å²) in [6.45, 7) is 4.37. The zero-order valence-corrected chi connectivity index (χ0v) is 15.1. The molecule has 1 saturated heterocycles. The largest absolute Gasteiger partial charge is 0.384 e. The topological polar surface area (TPSA) is 54.7 Å². The van der Waals surface area contributed by atoms with Crippen LogP contribution >= 0.6 is 0 Å². The van der Waals surface area contributed by atoms with Crippen LogP contribution in [0.25, 0.3) is 0 Å². The molecule has 0 amide bonds. The highest BCUT2D eigenvalue weighted by atomic mass is 16.5. The quantitative estimate of drug-likeness (QED) is 0.645. The predicted octanol–water partition coefficient (Wildman–Crippen LogP) is 1.98. The van der Waals surface area contributed by atoms with Gasteiger partial charge in [-0.2, -0.15) is 5.10 Å². The molecule has 6 heteroatoms. The normalized spacial score (nSPS) is 17.9. The molecule has 0 spiro atoms. The van der Waals surface area contributed by atoms with E-state index in [1.54, 1.807) is 7.11 Å². The van der Waals surface area contributed by atoms with E-state index in [4.69, 9.17) is 4.74 Å². The second-order valence-corrected chi connectivity index (χ2v) is 6.49. The van der Waals surface area contributed by atoms with Gasteiger partial charge in [0.2, 0.25) is 0 Å². The second kappa shape index (κ2) is 8.67. The third-order valence-corrected chi connectivity index (χ3v) is 4.52. The molecule has 0 radical (unpaired) electrons. The van der Waals surface area contributed by atoms with E-state index in [0.717, 1.165) is 50.7 Å². The number of guanidine groups is 1. The third-order valence-electron chi connectivity index (χ3n) is 4.52. The van der Waals surface area contributed by atoms with Crippen LogP contribution in [0.15, 0.2) is 47.7 Å². The van der Waals surface area contributed by atoms with Gasteiger partial charge in [-0.1, -0.05) is 30.3 Å². The number of nitrogens with zero attached hydrogens (tertiary/aromatic N) is 4. The number of likely N-dealkylation sites (tertiary alicyclic amines) is 1. The van der Waals surface area contributed by atoms with Crippen LogP contribution in [-0.4, -0.2) is 54.5 Å². The fourth-order valence-corrected chi connectivity index (χ4v) is 3.26. The van der Waals surface area contributed by atoms with Crippen molar-refractivity contribution < 1.29 is 4.74 Å². The average Bonchev–Trinajstić information content (AvgIpc) is 3.27. The molecule has 1 atom stereocenters. The molecule has 1 aromatic carbocycles. The van der Waals surface area contributed by atoms with Gasteiger partial charge in [0.1, 0.15) is 0 Å². The molecule has 1 fully saturated rings. The molecule has 3 rings (SSSR count). The molecule has 0 saturated carbocycles. The van der Waals surface area contributed by atoms with Gasteiger partial charge in [-0.3, -0.25) is 9.67 Å². The SMILES string of the molecule is CN=C(NCc1cnn(Cc2ccccc2)c1)N1CCC(COC)C1. The summed E-state index contributed by atoms with van der Waals surface area (Å²) in [7, 11) is 3.60. The van der Waals surface area contributed by atoms with Crippen LogP contribution in [0.1, 0.15) is 17.5 Å². The van der Waals surface area contributed by atoms with E-state index in [1.807, 2.05) is 24.0 Å². The summed E-state index contributed by atoms with van der Waals surface area (Å²) < 4.78 is 7.24. The van der Waals surface area contributed by atoms with Crippen molar-refractivity contribution in [2.45, 2.75) is 19.5 Å². The number of hydrogen-bond acceptors (Lipinski definition) is 3. The molecular formula is C19H27N5O. The molecule has 1 unspecified atom stereocenters. The molecular weight excluding hydrogens is 314 g/mol. The number of methoxy groups -OCH3 is 1. The van der Waals surface area contributed by atoms with Crippen molar-refractivity contribution >= 4 is 5.96 Å². The zero-order chi connectivity index (χ0) is 17.5. The van der Waals surface area contributed by atoms with Crippen molar-refractivity contribution in [2.24, 2.45) is 10.9 Å². The Balaban J connectivity index is 1.51. The standard InChI is InChI=1S/C19H27N5O/c1-20-19(23-9-8-17(12-23)15-25-2)21-10-18-11-22-24(14-18)13-16-6-4-3-5-7-16/h3-7,11,14,17H,8-10,12-13,15H2,1-2H3,(H,20,21). The van der Waals surface area contributed by atoms with E-state index in [2.05, 4.69) is 50.8 Å². The minimum Gasteiger partial charge on any atom is -0.384 e. The predicted molar refractivity (Wildman–Crippen MR) is 99.5 cm³/mol. The van der Waals surface area contributed by atoms with Crippen molar-refractivity contribution in [2.75, 3.05) is 33.9 Å². The number of aromatic nitrogens is 2. The van der Waals surface area contributed by atoms with Crippen molar-refractivity contribution in [3.05, 3.63) is 53.9 Å². The summed E-state index contributed by atoms with van der Waals surface area (Å²) in [5.41, 5.74) is 2.41. The maximum absolute atomic E-state index is 5.27. The van der Waals surface area contributed by atoms with Gasteiger partial charge in [0, 0.05) is 51.5 Å². The maximum atomic E-state index is 5.27. The number of rotatable bonds is 6. The molecule has 1 aromatic heterocycles. The number of benzene rings is 1. The number of aliphatic imine (C=N–C) groups is 1. The Bertz CT molecular complexity index is 682. The van der Waals surface area contributed by atoms with Gasteiger partial charge >= 0.3 is 0 Å². The maximum Gasteiger partial charge on any atom is 0.193 e. The molecule has 0 aliphatic carbocycles. The smallest absolute Gasteiger partial charge is 0.193 e. The third kappa shape index (κ3) is 4.82. The lowest BCUT2D eigenvalue weighted by Gasteiger charge is -2.21. The summed E-state index contributed by atoms with van der Waals surface area (Å²) in [6, 6.07) is 10.4. The highest BCUT2D eigenvalue weighted by Gasteiger charge is 2.24. The van der Waals surface area contributed by atoms with Crippen LogP contribution in [0, 0.1) is 5.92 Å². The van der Waals surface area contributed by atoms with Crippen LogP contribution in [-0.2, 0) is 17.8 Å². The van der Waals surface area contributed by atoms with Gasteiger partial charge in [0.25, 0.3) is 0 Å². The Labute approximate surface area is 149 Å². The van der Waals surface area contributed by atoms with Gasteiger partial charge in [-0.15, -0.1) is 0 Å². The van der Waals surface area contributed by atoms with E-state index in [-0.39, 0.29) is 0 Å². The number of hydrogen-bond donors (Lipinski definition) is 1. The molecule has 25 heavy (non-hydrogen) atoms. The Hall–Kier alpha value is -2.34. The average molecular weight is 341 g/mol. The van der Waals surface area contributed by atoms with E-state index >= 15 is 0 Å². The molecule has 2 aromatic rings. The molecule has 134 valence electrons. The van der Waals surface area contributed by atoms with Gasteiger partial charge in [-0.25, -0.2) is 0 Å². The lowest BCUT2D eigenvalue weighted by molar-refractivity contribution is 0.157.